The van der Waals surface area contributed by atoms with Gasteiger partial charge in [-0.2, -0.15) is 0 Å². The predicted molar refractivity (Wildman–Crippen MR) is 104 cm³/mol. The number of anilines is 1. The average molecular weight is 443 g/mol. The van der Waals surface area contributed by atoms with E-state index >= 15 is 0 Å². The third-order valence-electron chi connectivity index (χ3n) is 4.31. The van der Waals surface area contributed by atoms with Gasteiger partial charge in [0.1, 0.15) is 5.78 Å². The minimum atomic E-state index is -3.34. The third-order valence-corrected chi connectivity index (χ3v) is 7.55. The maximum atomic E-state index is 12.7. The third kappa shape index (κ3) is 4.30. The number of carbonyl (C=O) groups excluding carboxylic acids is 1. The molecule has 1 aliphatic carbocycles. The van der Waals surface area contributed by atoms with Gasteiger partial charge >= 0.3 is 0 Å². The molecule has 0 spiro atoms. The van der Waals surface area contributed by atoms with E-state index in [-0.39, 0.29) is 11.0 Å². The van der Waals surface area contributed by atoms with Crippen LogP contribution in [0.3, 0.4) is 0 Å². The highest BCUT2D eigenvalue weighted by molar-refractivity contribution is 9.10. The second kappa shape index (κ2) is 6.81. The maximum absolute atomic E-state index is 12.7. The van der Waals surface area contributed by atoms with Gasteiger partial charge in [0, 0.05) is 16.3 Å². The average Bonchev–Trinajstić information content (AvgIpc) is 3.31. The van der Waals surface area contributed by atoms with E-state index in [1.807, 2.05) is 38.1 Å². The fourth-order valence-electron chi connectivity index (χ4n) is 2.34. The van der Waals surface area contributed by atoms with E-state index in [4.69, 9.17) is 0 Å². The zero-order chi connectivity index (χ0) is 18.2. The highest BCUT2D eigenvalue weighted by atomic mass is 79.9. The molecule has 0 atom stereocenters. The van der Waals surface area contributed by atoms with Crippen LogP contribution in [0.15, 0.2) is 34.1 Å². The lowest BCUT2D eigenvalue weighted by Gasteiger charge is -2.21. The summed E-state index contributed by atoms with van der Waals surface area (Å²) in [5.74, 6) is 0.0386. The zero-order valence-electron chi connectivity index (χ0n) is 14.0. The minimum absolute atomic E-state index is 0.0386. The summed E-state index contributed by atoms with van der Waals surface area (Å²) in [5.41, 5.74) is 0.742. The first-order valence-corrected chi connectivity index (χ1v) is 11.2. The minimum Gasteiger partial charge on any atom is -0.298 e. The lowest BCUT2D eigenvalue weighted by atomic mass is 9.82. The van der Waals surface area contributed by atoms with Crippen molar-refractivity contribution < 1.29 is 13.2 Å². The van der Waals surface area contributed by atoms with Crippen molar-refractivity contribution in [3.05, 3.63) is 45.4 Å². The Hall–Kier alpha value is -1.25. The van der Waals surface area contributed by atoms with Crippen LogP contribution in [0.1, 0.15) is 37.9 Å². The van der Waals surface area contributed by atoms with Crippen molar-refractivity contribution in [2.75, 3.05) is 4.72 Å². The second-order valence-corrected chi connectivity index (χ2v) is 10.5. The lowest BCUT2D eigenvalue weighted by Crippen LogP contribution is -2.31. The predicted octanol–water partition coefficient (Wildman–Crippen LogP) is 3.90. The number of nitrogens with zero attached hydrogens (tertiary/aromatic N) is 1. The molecule has 8 heteroatoms. The summed E-state index contributed by atoms with van der Waals surface area (Å²) in [6.45, 7) is 3.64. The number of thiazole rings is 1. The molecule has 1 N–H and O–H groups in total. The van der Waals surface area contributed by atoms with Gasteiger partial charge in [-0.1, -0.05) is 28.1 Å². The summed E-state index contributed by atoms with van der Waals surface area (Å²) < 4.78 is 27.5. The topological polar surface area (TPSA) is 76.1 Å². The Morgan fingerprint density at radius 1 is 1.32 bits per heavy atom. The van der Waals surface area contributed by atoms with E-state index in [1.54, 1.807) is 5.38 Å². The highest BCUT2D eigenvalue weighted by Gasteiger charge is 2.37. The standard InChI is InChI=1S/C17H19BrN2O3S2/c1-17(2,15(21)9-11-3-5-12(18)6-4-11)14-10-24-16(19-14)20-25(22,23)13-7-8-13/h3-6,10,13H,7-9H2,1-2H3,(H,19,20). The zero-order valence-corrected chi connectivity index (χ0v) is 17.2. The van der Waals surface area contributed by atoms with Crippen LogP contribution in [-0.2, 0) is 26.7 Å². The molecule has 1 aliphatic rings. The normalized spacial score (nSPS) is 15.2. The van der Waals surface area contributed by atoms with Crippen LogP contribution < -0.4 is 4.72 Å². The quantitative estimate of drug-likeness (QED) is 0.704. The maximum Gasteiger partial charge on any atom is 0.237 e. The van der Waals surface area contributed by atoms with Gasteiger partial charge in [-0.3, -0.25) is 9.52 Å². The molecular formula is C17H19BrN2O3S2. The van der Waals surface area contributed by atoms with E-state index in [2.05, 4.69) is 25.6 Å². The summed E-state index contributed by atoms with van der Waals surface area (Å²) >= 11 is 4.59. The summed E-state index contributed by atoms with van der Waals surface area (Å²) in [7, 11) is -3.34. The number of hydrogen-bond acceptors (Lipinski definition) is 5. The number of benzene rings is 1. The van der Waals surface area contributed by atoms with Gasteiger partial charge in [-0.25, -0.2) is 13.4 Å². The molecule has 1 aromatic carbocycles. The summed E-state index contributed by atoms with van der Waals surface area (Å²) in [6.07, 6.45) is 1.70. The molecule has 134 valence electrons. The Morgan fingerprint density at radius 3 is 2.56 bits per heavy atom. The molecule has 0 amide bonds. The second-order valence-electron chi connectivity index (χ2n) is 6.74. The molecule has 0 saturated heterocycles. The molecule has 0 aliphatic heterocycles. The molecule has 2 aromatic rings. The molecule has 25 heavy (non-hydrogen) atoms. The van der Waals surface area contributed by atoms with E-state index in [0.29, 0.717) is 30.1 Å². The van der Waals surface area contributed by atoms with Gasteiger partial charge < -0.3 is 0 Å². The number of Topliss-reactive ketones (excluding diaryl/α,β-unsaturated/α-hetero) is 1. The van der Waals surface area contributed by atoms with Crippen molar-refractivity contribution in [3.8, 4) is 0 Å². The molecule has 0 radical (unpaired) electrons. The van der Waals surface area contributed by atoms with Crippen LogP contribution >= 0.6 is 27.3 Å². The van der Waals surface area contributed by atoms with Crippen molar-refractivity contribution in [2.24, 2.45) is 0 Å². The van der Waals surface area contributed by atoms with E-state index in [0.717, 1.165) is 10.0 Å². The van der Waals surface area contributed by atoms with E-state index in [9.17, 15) is 13.2 Å². The van der Waals surface area contributed by atoms with Gasteiger partial charge in [-0.15, -0.1) is 11.3 Å². The summed E-state index contributed by atoms with van der Waals surface area (Å²) in [4.78, 5) is 17.1. The van der Waals surface area contributed by atoms with Gasteiger partial charge in [0.2, 0.25) is 10.0 Å². The Bertz CT molecular complexity index is 885. The van der Waals surface area contributed by atoms with E-state index in [1.165, 1.54) is 11.3 Å². The fraction of sp³-hybridized carbons (Fsp3) is 0.412. The molecule has 5 nitrogen and oxygen atoms in total. The van der Waals surface area contributed by atoms with Crippen molar-refractivity contribution in [1.82, 2.24) is 4.98 Å². The first-order chi connectivity index (χ1) is 11.7. The van der Waals surface area contributed by atoms with Crippen LogP contribution in [0.5, 0.6) is 0 Å². The number of rotatable bonds is 7. The molecule has 1 aromatic heterocycles. The number of halogens is 1. The Balaban J connectivity index is 1.73. The first-order valence-electron chi connectivity index (χ1n) is 7.94. The number of carbonyl (C=O) groups is 1. The monoisotopic (exact) mass is 442 g/mol. The first kappa shape index (κ1) is 18.5. The smallest absolute Gasteiger partial charge is 0.237 e. The molecule has 0 unspecified atom stereocenters. The van der Waals surface area contributed by atoms with Crippen LogP contribution in [0, 0.1) is 0 Å². The van der Waals surface area contributed by atoms with Gasteiger partial charge in [0.25, 0.3) is 0 Å². The number of nitrogens with one attached hydrogen (secondary N) is 1. The van der Waals surface area contributed by atoms with Crippen molar-refractivity contribution in [1.29, 1.82) is 0 Å². The van der Waals surface area contributed by atoms with Gasteiger partial charge in [-0.05, 0) is 44.4 Å². The Kier molecular flexibility index (Phi) is 5.05. The van der Waals surface area contributed by atoms with Crippen LogP contribution in [0.4, 0.5) is 5.13 Å². The van der Waals surface area contributed by atoms with E-state index < -0.39 is 15.4 Å². The van der Waals surface area contributed by atoms with Gasteiger partial charge in [0.05, 0.1) is 16.4 Å². The largest absolute Gasteiger partial charge is 0.298 e. The summed E-state index contributed by atoms with van der Waals surface area (Å²) in [5, 5.41) is 1.78. The van der Waals surface area contributed by atoms with Crippen molar-refractivity contribution >= 4 is 48.2 Å². The van der Waals surface area contributed by atoms with Crippen LogP contribution in [-0.4, -0.2) is 24.4 Å². The van der Waals surface area contributed by atoms with Crippen LogP contribution in [0.25, 0.3) is 0 Å². The lowest BCUT2D eigenvalue weighted by molar-refractivity contribution is -0.122. The number of ketones is 1. The van der Waals surface area contributed by atoms with Crippen molar-refractivity contribution in [3.63, 3.8) is 0 Å². The van der Waals surface area contributed by atoms with Crippen molar-refractivity contribution in [2.45, 2.75) is 43.8 Å². The Morgan fingerprint density at radius 2 is 1.96 bits per heavy atom. The molecule has 3 rings (SSSR count). The van der Waals surface area contributed by atoms with Gasteiger partial charge in [0.15, 0.2) is 5.13 Å². The summed E-state index contributed by atoms with van der Waals surface area (Å²) in [6, 6.07) is 7.63. The fourth-order valence-corrected chi connectivity index (χ4v) is 5.08. The Labute approximate surface area is 160 Å². The van der Waals surface area contributed by atoms with Crippen LogP contribution in [0.2, 0.25) is 0 Å². The molecular weight excluding hydrogens is 424 g/mol. The number of aromatic nitrogens is 1. The molecule has 0 bridgehead atoms. The number of hydrogen-bond donors (Lipinski definition) is 1. The molecule has 1 heterocycles. The molecule has 1 saturated carbocycles. The SMILES string of the molecule is CC(C)(C(=O)Cc1ccc(Br)cc1)c1csc(NS(=O)(=O)C2CC2)n1. The highest BCUT2D eigenvalue weighted by Crippen LogP contribution is 2.33. The number of sulfonamides is 1. The molecule has 1 fully saturated rings.